The molecule has 0 heterocycles. The SMILES string of the molecule is CC(=O)Nc1ccc(S(=O)(=O)NCCC(N)=NO)cc1. The fourth-order valence-corrected chi connectivity index (χ4v) is 2.40. The van der Waals surface area contributed by atoms with E-state index in [9.17, 15) is 13.2 Å². The Balaban J connectivity index is 2.70. The monoisotopic (exact) mass is 300 g/mol. The Bertz CT molecular complexity index is 595. The molecule has 0 fully saturated rings. The summed E-state index contributed by atoms with van der Waals surface area (Å²) in [5, 5.41) is 13.6. The van der Waals surface area contributed by atoms with Gasteiger partial charge in [-0.25, -0.2) is 13.1 Å². The van der Waals surface area contributed by atoms with E-state index >= 15 is 0 Å². The highest BCUT2D eigenvalue weighted by molar-refractivity contribution is 7.89. The smallest absolute Gasteiger partial charge is 0.240 e. The third-order valence-electron chi connectivity index (χ3n) is 2.29. The summed E-state index contributed by atoms with van der Waals surface area (Å²) in [5.41, 5.74) is 5.74. The number of carbonyl (C=O) groups is 1. The lowest BCUT2D eigenvalue weighted by atomic mass is 10.3. The molecule has 0 spiro atoms. The van der Waals surface area contributed by atoms with E-state index in [2.05, 4.69) is 15.2 Å². The van der Waals surface area contributed by atoms with Gasteiger partial charge in [-0.1, -0.05) is 5.16 Å². The van der Waals surface area contributed by atoms with Crippen LogP contribution in [0.1, 0.15) is 13.3 Å². The van der Waals surface area contributed by atoms with Crippen molar-refractivity contribution < 1.29 is 18.4 Å². The summed E-state index contributed by atoms with van der Waals surface area (Å²) in [5.74, 6) is -0.300. The molecule has 0 aliphatic heterocycles. The molecule has 0 bridgehead atoms. The maximum Gasteiger partial charge on any atom is 0.240 e. The normalized spacial score (nSPS) is 12.2. The number of carbonyl (C=O) groups excluding carboxylic acids is 1. The Morgan fingerprint density at radius 1 is 1.35 bits per heavy atom. The zero-order chi connectivity index (χ0) is 15.2. The van der Waals surface area contributed by atoms with Crippen LogP contribution in [-0.2, 0) is 14.8 Å². The number of amidine groups is 1. The van der Waals surface area contributed by atoms with Crippen molar-refractivity contribution in [3.63, 3.8) is 0 Å². The number of oxime groups is 1. The molecule has 0 radical (unpaired) electrons. The van der Waals surface area contributed by atoms with E-state index in [-0.39, 0.29) is 29.6 Å². The first-order valence-corrected chi connectivity index (χ1v) is 7.17. The van der Waals surface area contributed by atoms with Crippen LogP contribution in [0.2, 0.25) is 0 Å². The molecule has 1 aromatic rings. The Morgan fingerprint density at radius 2 is 1.95 bits per heavy atom. The third kappa shape index (κ3) is 4.86. The summed E-state index contributed by atoms with van der Waals surface area (Å²) in [6.07, 6.45) is 0.0969. The Morgan fingerprint density at radius 3 is 2.45 bits per heavy atom. The molecule has 0 aliphatic rings. The largest absolute Gasteiger partial charge is 0.409 e. The fraction of sp³-hybridized carbons (Fsp3) is 0.273. The van der Waals surface area contributed by atoms with Crippen molar-refractivity contribution in [2.75, 3.05) is 11.9 Å². The van der Waals surface area contributed by atoms with Gasteiger partial charge >= 0.3 is 0 Å². The van der Waals surface area contributed by atoms with E-state index in [0.717, 1.165) is 0 Å². The minimum absolute atomic E-state index is 0.0195. The first-order chi connectivity index (χ1) is 9.35. The zero-order valence-corrected chi connectivity index (χ0v) is 11.6. The van der Waals surface area contributed by atoms with Gasteiger partial charge in [0.1, 0.15) is 5.84 Å². The van der Waals surface area contributed by atoms with E-state index < -0.39 is 10.0 Å². The second-order valence-electron chi connectivity index (χ2n) is 3.94. The molecule has 1 aromatic carbocycles. The number of nitrogens with one attached hydrogen (secondary N) is 2. The average Bonchev–Trinajstić information content (AvgIpc) is 2.38. The first-order valence-electron chi connectivity index (χ1n) is 5.69. The molecule has 20 heavy (non-hydrogen) atoms. The molecule has 0 unspecified atom stereocenters. The molecule has 1 amide bonds. The maximum absolute atomic E-state index is 11.9. The van der Waals surface area contributed by atoms with Crippen LogP contribution in [0.3, 0.4) is 0 Å². The predicted molar refractivity (Wildman–Crippen MR) is 74.0 cm³/mol. The quantitative estimate of drug-likeness (QED) is 0.255. The Kier molecular flexibility index (Phi) is 5.47. The van der Waals surface area contributed by atoms with E-state index in [4.69, 9.17) is 10.9 Å². The van der Waals surface area contributed by atoms with Crippen LogP contribution in [0.4, 0.5) is 5.69 Å². The van der Waals surface area contributed by atoms with Crippen LogP contribution >= 0.6 is 0 Å². The van der Waals surface area contributed by atoms with E-state index in [1.807, 2.05) is 0 Å². The molecule has 0 aliphatic carbocycles. The number of hydrogen-bond acceptors (Lipinski definition) is 5. The molecule has 0 saturated heterocycles. The van der Waals surface area contributed by atoms with Gasteiger partial charge in [0, 0.05) is 25.6 Å². The van der Waals surface area contributed by atoms with Crippen LogP contribution in [0.5, 0.6) is 0 Å². The summed E-state index contributed by atoms with van der Waals surface area (Å²) >= 11 is 0. The molecule has 5 N–H and O–H groups in total. The minimum Gasteiger partial charge on any atom is -0.409 e. The molecular formula is C11H16N4O4S. The van der Waals surface area contributed by atoms with Gasteiger partial charge in [0.15, 0.2) is 0 Å². The van der Waals surface area contributed by atoms with E-state index in [1.54, 1.807) is 0 Å². The second kappa shape index (κ2) is 6.87. The highest BCUT2D eigenvalue weighted by atomic mass is 32.2. The number of nitrogens with two attached hydrogens (primary N) is 1. The van der Waals surface area contributed by atoms with Gasteiger partial charge in [0.2, 0.25) is 15.9 Å². The van der Waals surface area contributed by atoms with Gasteiger partial charge in [0.25, 0.3) is 0 Å². The molecule has 110 valence electrons. The van der Waals surface area contributed by atoms with Crippen molar-refractivity contribution in [1.29, 1.82) is 0 Å². The maximum atomic E-state index is 11.9. The summed E-state index contributed by atoms with van der Waals surface area (Å²) in [6.45, 7) is 1.38. The van der Waals surface area contributed by atoms with Crippen molar-refractivity contribution in [3.05, 3.63) is 24.3 Å². The summed E-state index contributed by atoms with van der Waals surface area (Å²) < 4.78 is 26.1. The van der Waals surface area contributed by atoms with Crippen molar-refractivity contribution in [2.24, 2.45) is 10.9 Å². The molecule has 8 nitrogen and oxygen atoms in total. The minimum atomic E-state index is -3.66. The Hall–Kier alpha value is -2.13. The summed E-state index contributed by atoms with van der Waals surface area (Å²) in [4.78, 5) is 10.9. The van der Waals surface area contributed by atoms with Crippen molar-refractivity contribution in [3.8, 4) is 0 Å². The molecule has 9 heteroatoms. The average molecular weight is 300 g/mol. The number of benzene rings is 1. The van der Waals surface area contributed by atoms with Crippen molar-refractivity contribution in [1.82, 2.24) is 4.72 Å². The van der Waals surface area contributed by atoms with Gasteiger partial charge in [-0.05, 0) is 24.3 Å². The van der Waals surface area contributed by atoms with Gasteiger partial charge in [-0.3, -0.25) is 4.79 Å². The summed E-state index contributed by atoms with van der Waals surface area (Å²) in [7, 11) is -3.66. The fourth-order valence-electron chi connectivity index (χ4n) is 1.37. The van der Waals surface area contributed by atoms with Crippen molar-refractivity contribution in [2.45, 2.75) is 18.2 Å². The lowest BCUT2D eigenvalue weighted by Gasteiger charge is -2.07. The van der Waals surface area contributed by atoms with Gasteiger partial charge in [-0.2, -0.15) is 0 Å². The molecule has 0 aromatic heterocycles. The van der Waals surface area contributed by atoms with Gasteiger partial charge in [0.05, 0.1) is 4.90 Å². The molecule has 0 saturated carbocycles. The molecular weight excluding hydrogens is 284 g/mol. The summed E-state index contributed by atoms with van der Waals surface area (Å²) in [6, 6.07) is 5.72. The van der Waals surface area contributed by atoms with Crippen molar-refractivity contribution >= 4 is 27.5 Å². The standard InChI is InChI=1S/C11H16N4O4S/c1-8(16)14-9-2-4-10(5-3-9)20(18,19)13-7-6-11(12)15-17/h2-5,13,17H,6-7H2,1H3,(H2,12,15)(H,14,16). The number of rotatable bonds is 6. The first kappa shape index (κ1) is 15.9. The van der Waals surface area contributed by atoms with Gasteiger partial charge < -0.3 is 16.3 Å². The van der Waals surface area contributed by atoms with Crippen LogP contribution in [0, 0.1) is 0 Å². The van der Waals surface area contributed by atoms with Crippen LogP contribution in [-0.4, -0.2) is 31.9 Å². The number of nitrogens with zero attached hydrogens (tertiary/aromatic N) is 1. The highest BCUT2D eigenvalue weighted by Gasteiger charge is 2.13. The number of anilines is 1. The zero-order valence-electron chi connectivity index (χ0n) is 10.8. The topological polar surface area (TPSA) is 134 Å². The van der Waals surface area contributed by atoms with Crippen LogP contribution in [0.15, 0.2) is 34.3 Å². The van der Waals surface area contributed by atoms with E-state index in [1.165, 1.54) is 31.2 Å². The second-order valence-corrected chi connectivity index (χ2v) is 5.71. The predicted octanol–water partition coefficient (Wildman–Crippen LogP) is 0.0598. The Labute approximate surface area is 116 Å². The molecule has 1 rings (SSSR count). The lowest BCUT2D eigenvalue weighted by molar-refractivity contribution is -0.114. The molecule has 0 atom stereocenters. The number of hydrogen-bond donors (Lipinski definition) is 4. The van der Waals surface area contributed by atoms with E-state index in [0.29, 0.717) is 5.69 Å². The van der Waals surface area contributed by atoms with Crippen LogP contribution < -0.4 is 15.8 Å². The van der Waals surface area contributed by atoms with Gasteiger partial charge in [-0.15, -0.1) is 0 Å². The lowest BCUT2D eigenvalue weighted by Crippen LogP contribution is -2.28. The third-order valence-corrected chi connectivity index (χ3v) is 3.76. The highest BCUT2D eigenvalue weighted by Crippen LogP contribution is 2.13. The van der Waals surface area contributed by atoms with Crippen LogP contribution in [0.25, 0.3) is 0 Å². The number of sulfonamides is 1. The number of amides is 1.